The Morgan fingerprint density at radius 2 is 2.00 bits per heavy atom. The van der Waals surface area contributed by atoms with Crippen molar-refractivity contribution in [2.75, 3.05) is 26.2 Å². The van der Waals surface area contributed by atoms with E-state index in [0.717, 1.165) is 6.04 Å². The van der Waals surface area contributed by atoms with Crippen LogP contribution in [0.2, 0.25) is 0 Å². The van der Waals surface area contributed by atoms with Gasteiger partial charge in [-0.25, -0.2) is 0 Å². The molecule has 0 saturated carbocycles. The van der Waals surface area contributed by atoms with Crippen LogP contribution in [0.3, 0.4) is 0 Å². The lowest BCUT2D eigenvalue weighted by atomic mass is 9.80. The van der Waals surface area contributed by atoms with Gasteiger partial charge >= 0.3 is 0 Å². The summed E-state index contributed by atoms with van der Waals surface area (Å²) in [4.78, 5) is 2.71. The van der Waals surface area contributed by atoms with Crippen LogP contribution in [0.1, 0.15) is 39.5 Å². The van der Waals surface area contributed by atoms with Gasteiger partial charge in [0.25, 0.3) is 0 Å². The standard InChI is InChI=1S/C12H24N2.ClH/c1-3-12(2)5-4-7-14(8-6-12)11-9-13-10-11;/h11,13H,3-10H2,1-2H3;1H. The molecular weight excluding hydrogens is 208 g/mol. The van der Waals surface area contributed by atoms with Crippen LogP contribution in [-0.4, -0.2) is 37.1 Å². The van der Waals surface area contributed by atoms with Crippen LogP contribution in [0.25, 0.3) is 0 Å². The molecule has 0 aromatic rings. The average molecular weight is 233 g/mol. The molecule has 2 rings (SSSR count). The molecule has 0 aromatic heterocycles. The van der Waals surface area contributed by atoms with Gasteiger partial charge in [-0.3, -0.25) is 4.90 Å². The Hall–Kier alpha value is 0.210. The van der Waals surface area contributed by atoms with Crippen molar-refractivity contribution in [2.24, 2.45) is 5.41 Å². The molecule has 1 N–H and O–H groups in total. The van der Waals surface area contributed by atoms with E-state index in [1.165, 1.54) is 51.9 Å². The molecule has 2 fully saturated rings. The van der Waals surface area contributed by atoms with Crippen molar-refractivity contribution < 1.29 is 0 Å². The second-order valence-corrected chi connectivity index (χ2v) is 5.37. The summed E-state index contributed by atoms with van der Waals surface area (Å²) in [6, 6.07) is 0.856. The van der Waals surface area contributed by atoms with Crippen molar-refractivity contribution in [1.82, 2.24) is 10.2 Å². The van der Waals surface area contributed by atoms with E-state index >= 15 is 0 Å². The number of hydrogen-bond acceptors (Lipinski definition) is 2. The summed E-state index contributed by atoms with van der Waals surface area (Å²) < 4.78 is 0. The van der Waals surface area contributed by atoms with Gasteiger partial charge in [-0.15, -0.1) is 12.4 Å². The lowest BCUT2D eigenvalue weighted by Crippen LogP contribution is -2.57. The van der Waals surface area contributed by atoms with Crippen molar-refractivity contribution in [1.29, 1.82) is 0 Å². The Kier molecular flexibility index (Phi) is 4.88. The van der Waals surface area contributed by atoms with Crippen LogP contribution in [0.4, 0.5) is 0 Å². The lowest BCUT2D eigenvalue weighted by Gasteiger charge is -2.38. The van der Waals surface area contributed by atoms with Gasteiger partial charge < -0.3 is 5.32 Å². The Balaban J connectivity index is 0.00000112. The molecule has 2 nitrogen and oxygen atoms in total. The summed E-state index contributed by atoms with van der Waals surface area (Å²) in [7, 11) is 0. The zero-order chi connectivity index (χ0) is 10.0. The van der Waals surface area contributed by atoms with Crippen molar-refractivity contribution in [2.45, 2.75) is 45.6 Å². The third-order valence-electron chi connectivity index (χ3n) is 4.36. The minimum Gasteiger partial charge on any atom is -0.314 e. The maximum atomic E-state index is 3.37. The maximum Gasteiger partial charge on any atom is 0.0345 e. The number of likely N-dealkylation sites (tertiary alicyclic amines) is 1. The number of nitrogens with zero attached hydrogens (tertiary/aromatic N) is 1. The zero-order valence-corrected chi connectivity index (χ0v) is 10.9. The normalized spacial score (nSPS) is 34.0. The minimum atomic E-state index is 0. The van der Waals surface area contributed by atoms with Crippen LogP contribution >= 0.6 is 12.4 Å². The van der Waals surface area contributed by atoms with E-state index in [1.54, 1.807) is 0 Å². The first kappa shape index (κ1) is 13.3. The topological polar surface area (TPSA) is 15.3 Å². The van der Waals surface area contributed by atoms with E-state index in [4.69, 9.17) is 0 Å². The van der Waals surface area contributed by atoms with E-state index < -0.39 is 0 Å². The lowest BCUT2D eigenvalue weighted by molar-refractivity contribution is 0.144. The number of hydrogen-bond donors (Lipinski definition) is 1. The fourth-order valence-corrected chi connectivity index (χ4v) is 2.61. The summed E-state index contributed by atoms with van der Waals surface area (Å²) >= 11 is 0. The molecule has 0 bridgehead atoms. The molecule has 15 heavy (non-hydrogen) atoms. The highest BCUT2D eigenvalue weighted by Gasteiger charge is 2.30. The van der Waals surface area contributed by atoms with Gasteiger partial charge in [-0.2, -0.15) is 0 Å². The van der Waals surface area contributed by atoms with Gasteiger partial charge in [0.1, 0.15) is 0 Å². The summed E-state index contributed by atoms with van der Waals surface area (Å²) in [5, 5.41) is 3.37. The summed E-state index contributed by atoms with van der Waals surface area (Å²) in [6.45, 7) is 9.93. The molecule has 0 radical (unpaired) electrons. The van der Waals surface area contributed by atoms with E-state index in [-0.39, 0.29) is 12.4 Å². The first-order valence-electron chi connectivity index (χ1n) is 6.18. The maximum absolute atomic E-state index is 3.37. The second kappa shape index (κ2) is 5.51. The molecule has 2 heterocycles. The molecule has 3 heteroatoms. The molecule has 90 valence electrons. The van der Waals surface area contributed by atoms with Gasteiger partial charge in [0, 0.05) is 19.1 Å². The number of rotatable bonds is 2. The highest BCUT2D eigenvalue weighted by atomic mass is 35.5. The summed E-state index contributed by atoms with van der Waals surface area (Å²) in [5.74, 6) is 0. The predicted octanol–water partition coefficient (Wildman–Crippen LogP) is 2.28. The van der Waals surface area contributed by atoms with Gasteiger partial charge in [-0.1, -0.05) is 20.3 Å². The third kappa shape index (κ3) is 3.08. The zero-order valence-electron chi connectivity index (χ0n) is 10.1. The van der Waals surface area contributed by atoms with Crippen molar-refractivity contribution in [3.63, 3.8) is 0 Å². The van der Waals surface area contributed by atoms with Gasteiger partial charge in [0.2, 0.25) is 0 Å². The highest BCUT2D eigenvalue weighted by molar-refractivity contribution is 5.85. The van der Waals surface area contributed by atoms with Crippen LogP contribution in [-0.2, 0) is 0 Å². The first-order valence-corrected chi connectivity index (χ1v) is 6.18. The van der Waals surface area contributed by atoms with Gasteiger partial charge in [0.05, 0.1) is 0 Å². The Morgan fingerprint density at radius 3 is 2.53 bits per heavy atom. The molecule has 0 spiro atoms. The SMILES string of the molecule is CCC1(C)CCCN(C2CNC2)CC1.Cl. The van der Waals surface area contributed by atoms with Crippen LogP contribution in [0.15, 0.2) is 0 Å². The average Bonchev–Trinajstić information content (AvgIpc) is 2.27. The van der Waals surface area contributed by atoms with Crippen LogP contribution < -0.4 is 5.32 Å². The third-order valence-corrected chi connectivity index (χ3v) is 4.36. The highest BCUT2D eigenvalue weighted by Crippen LogP contribution is 2.34. The molecule has 1 unspecified atom stereocenters. The van der Waals surface area contributed by atoms with E-state index in [1.807, 2.05) is 0 Å². The monoisotopic (exact) mass is 232 g/mol. The van der Waals surface area contributed by atoms with Crippen molar-refractivity contribution >= 4 is 12.4 Å². The van der Waals surface area contributed by atoms with Gasteiger partial charge in [0.15, 0.2) is 0 Å². The van der Waals surface area contributed by atoms with E-state index in [2.05, 4.69) is 24.1 Å². The molecule has 0 amide bonds. The Morgan fingerprint density at radius 1 is 1.27 bits per heavy atom. The molecule has 0 aliphatic carbocycles. The first-order chi connectivity index (χ1) is 6.73. The van der Waals surface area contributed by atoms with Crippen molar-refractivity contribution in [3.8, 4) is 0 Å². The number of halogens is 1. The quantitative estimate of drug-likeness (QED) is 0.786. The smallest absolute Gasteiger partial charge is 0.0345 e. The predicted molar refractivity (Wildman–Crippen MR) is 67.7 cm³/mol. The molecule has 0 aromatic carbocycles. The second-order valence-electron chi connectivity index (χ2n) is 5.37. The summed E-state index contributed by atoms with van der Waals surface area (Å²) in [6.07, 6.45) is 5.59. The molecule has 2 saturated heterocycles. The Bertz CT molecular complexity index is 194. The van der Waals surface area contributed by atoms with Crippen molar-refractivity contribution in [3.05, 3.63) is 0 Å². The fourth-order valence-electron chi connectivity index (χ4n) is 2.61. The van der Waals surface area contributed by atoms with E-state index in [0.29, 0.717) is 5.41 Å². The molecule has 2 aliphatic rings. The fraction of sp³-hybridized carbons (Fsp3) is 1.00. The molecular formula is C12H25ClN2. The molecule has 2 aliphatic heterocycles. The number of nitrogens with one attached hydrogen (secondary N) is 1. The van der Waals surface area contributed by atoms with Gasteiger partial charge in [-0.05, 0) is 37.8 Å². The summed E-state index contributed by atoms with van der Waals surface area (Å²) in [5.41, 5.74) is 0.631. The Labute approximate surface area is 100 Å². The van der Waals surface area contributed by atoms with Crippen LogP contribution in [0.5, 0.6) is 0 Å². The minimum absolute atomic E-state index is 0. The van der Waals surface area contributed by atoms with E-state index in [9.17, 15) is 0 Å². The van der Waals surface area contributed by atoms with Crippen LogP contribution in [0, 0.1) is 5.41 Å². The molecule has 1 atom stereocenters. The largest absolute Gasteiger partial charge is 0.314 e.